The standard InChI is InChI=1S/C18H14O2/c1-2-3-4-5-6-7-8-9-10-11-12-13-14-17-15-16-18(19)20-17/h2-3,8-16H,1H3. The van der Waals surface area contributed by atoms with Crippen LogP contribution in [0.15, 0.2) is 72.6 Å². The average molecular weight is 262 g/mol. The van der Waals surface area contributed by atoms with Gasteiger partial charge in [0.05, 0.1) is 0 Å². The van der Waals surface area contributed by atoms with E-state index in [0.717, 1.165) is 0 Å². The molecule has 0 atom stereocenters. The number of cyclic esters (lactones) is 1. The minimum atomic E-state index is -0.334. The minimum absolute atomic E-state index is 0.334. The van der Waals surface area contributed by atoms with Crippen LogP contribution in [0.3, 0.4) is 0 Å². The van der Waals surface area contributed by atoms with Crippen LogP contribution in [0, 0.1) is 23.7 Å². The number of hydrogen-bond acceptors (Lipinski definition) is 2. The maximum atomic E-state index is 10.7. The van der Waals surface area contributed by atoms with E-state index in [2.05, 4.69) is 23.7 Å². The van der Waals surface area contributed by atoms with Crippen molar-refractivity contribution in [1.82, 2.24) is 0 Å². The molecule has 1 rings (SSSR count). The Hall–Kier alpha value is -2.97. The molecule has 0 unspecified atom stereocenters. The molecule has 1 aliphatic rings. The monoisotopic (exact) mass is 262 g/mol. The van der Waals surface area contributed by atoms with Gasteiger partial charge in [-0.25, -0.2) is 4.79 Å². The van der Waals surface area contributed by atoms with Crippen molar-refractivity contribution in [2.75, 3.05) is 0 Å². The highest BCUT2D eigenvalue weighted by Crippen LogP contribution is 2.08. The van der Waals surface area contributed by atoms with E-state index in [1.807, 2.05) is 37.3 Å². The molecule has 2 nitrogen and oxygen atoms in total. The van der Waals surface area contributed by atoms with Crippen molar-refractivity contribution in [3.8, 4) is 23.7 Å². The molecule has 0 aliphatic carbocycles. The van der Waals surface area contributed by atoms with E-state index in [4.69, 9.17) is 4.74 Å². The number of carbonyl (C=O) groups excluding carboxylic acids is 1. The van der Waals surface area contributed by atoms with Gasteiger partial charge in [-0.1, -0.05) is 48.3 Å². The Morgan fingerprint density at radius 3 is 2.35 bits per heavy atom. The van der Waals surface area contributed by atoms with Crippen LogP contribution in [0.2, 0.25) is 0 Å². The summed E-state index contributed by atoms with van der Waals surface area (Å²) >= 11 is 0. The third-order valence-electron chi connectivity index (χ3n) is 1.94. The lowest BCUT2D eigenvalue weighted by molar-refractivity contribution is -0.132. The molecule has 0 N–H and O–H groups in total. The molecular formula is C18H14O2. The predicted molar refractivity (Wildman–Crippen MR) is 81.1 cm³/mol. The molecule has 0 saturated carbocycles. The summed E-state index contributed by atoms with van der Waals surface area (Å²) in [6.07, 6.45) is 19.2. The van der Waals surface area contributed by atoms with Crippen molar-refractivity contribution in [2.24, 2.45) is 0 Å². The summed E-state index contributed by atoms with van der Waals surface area (Å²) in [5, 5.41) is 0. The molecular weight excluding hydrogens is 248 g/mol. The first kappa shape index (κ1) is 15.1. The molecule has 0 spiro atoms. The van der Waals surface area contributed by atoms with Gasteiger partial charge in [-0.05, 0) is 43.1 Å². The van der Waals surface area contributed by atoms with Crippen LogP contribution < -0.4 is 0 Å². The van der Waals surface area contributed by atoms with Gasteiger partial charge in [0, 0.05) is 6.08 Å². The van der Waals surface area contributed by atoms with Crippen LogP contribution in [0.5, 0.6) is 0 Å². The van der Waals surface area contributed by atoms with Gasteiger partial charge in [0.1, 0.15) is 5.76 Å². The second kappa shape index (κ2) is 10.00. The van der Waals surface area contributed by atoms with E-state index < -0.39 is 0 Å². The zero-order chi connectivity index (χ0) is 14.5. The summed E-state index contributed by atoms with van der Waals surface area (Å²) in [6, 6.07) is 0. The first-order valence-corrected chi connectivity index (χ1v) is 6.05. The first-order chi connectivity index (χ1) is 9.83. The fourth-order valence-electron chi connectivity index (χ4n) is 1.11. The van der Waals surface area contributed by atoms with Crippen molar-refractivity contribution in [1.29, 1.82) is 0 Å². The number of ether oxygens (including phenoxy) is 1. The lowest BCUT2D eigenvalue weighted by atomic mass is 10.3. The molecule has 1 aliphatic heterocycles. The summed E-state index contributed by atoms with van der Waals surface area (Å²) < 4.78 is 4.85. The van der Waals surface area contributed by atoms with Crippen LogP contribution in [0.25, 0.3) is 0 Å². The largest absolute Gasteiger partial charge is 0.423 e. The van der Waals surface area contributed by atoms with E-state index in [9.17, 15) is 4.79 Å². The van der Waals surface area contributed by atoms with Gasteiger partial charge in [0.25, 0.3) is 0 Å². The summed E-state index contributed by atoms with van der Waals surface area (Å²) in [5.41, 5.74) is 0. The maximum Gasteiger partial charge on any atom is 0.336 e. The van der Waals surface area contributed by atoms with E-state index in [1.54, 1.807) is 30.4 Å². The number of carbonyl (C=O) groups is 1. The SMILES string of the molecule is CC=CC#CC#CC=CC=CC=CC=C1C=CC(=O)O1. The Labute approximate surface area is 119 Å². The van der Waals surface area contributed by atoms with Crippen LogP contribution in [-0.4, -0.2) is 5.97 Å². The summed E-state index contributed by atoms with van der Waals surface area (Å²) in [5.74, 6) is 11.2. The third-order valence-corrected chi connectivity index (χ3v) is 1.94. The van der Waals surface area contributed by atoms with Crippen molar-refractivity contribution < 1.29 is 9.53 Å². The molecule has 0 amide bonds. The Morgan fingerprint density at radius 1 is 0.950 bits per heavy atom. The predicted octanol–water partition coefficient (Wildman–Crippen LogP) is 3.23. The number of allylic oxidation sites excluding steroid dienone is 10. The molecule has 0 bridgehead atoms. The molecule has 98 valence electrons. The molecule has 0 aromatic carbocycles. The molecule has 0 saturated heterocycles. The van der Waals surface area contributed by atoms with Crippen LogP contribution in [-0.2, 0) is 9.53 Å². The number of esters is 1. The Morgan fingerprint density at radius 2 is 1.65 bits per heavy atom. The quantitative estimate of drug-likeness (QED) is 0.443. The van der Waals surface area contributed by atoms with Gasteiger partial charge in [-0.3, -0.25) is 0 Å². The fraction of sp³-hybridized carbons (Fsp3) is 0.0556. The van der Waals surface area contributed by atoms with E-state index in [1.165, 1.54) is 6.08 Å². The summed E-state index contributed by atoms with van der Waals surface area (Å²) in [7, 11) is 0. The summed E-state index contributed by atoms with van der Waals surface area (Å²) in [6.45, 7) is 1.91. The van der Waals surface area contributed by atoms with Crippen LogP contribution >= 0.6 is 0 Å². The molecule has 1 heterocycles. The smallest absolute Gasteiger partial charge is 0.336 e. The third kappa shape index (κ3) is 7.37. The highest BCUT2D eigenvalue weighted by molar-refractivity contribution is 5.86. The Balaban J connectivity index is 2.30. The van der Waals surface area contributed by atoms with Crippen LogP contribution in [0.4, 0.5) is 0 Å². The van der Waals surface area contributed by atoms with E-state index in [0.29, 0.717) is 5.76 Å². The molecule has 0 radical (unpaired) electrons. The van der Waals surface area contributed by atoms with Crippen molar-refractivity contribution in [2.45, 2.75) is 6.92 Å². The van der Waals surface area contributed by atoms with Crippen molar-refractivity contribution in [3.05, 3.63) is 72.6 Å². The minimum Gasteiger partial charge on any atom is -0.423 e. The second-order valence-electron chi connectivity index (χ2n) is 3.49. The molecule has 0 aromatic heterocycles. The maximum absolute atomic E-state index is 10.7. The second-order valence-corrected chi connectivity index (χ2v) is 3.49. The fourth-order valence-corrected chi connectivity index (χ4v) is 1.11. The van der Waals surface area contributed by atoms with Gasteiger partial charge in [-0.2, -0.15) is 0 Å². The zero-order valence-corrected chi connectivity index (χ0v) is 11.2. The highest BCUT2D eigenvalue weighted by atomic mass is 16.5. The van der Waals surface area contributed by atoms with Crippen LogP contribution in [0.1, 0.15) is 6.92 Å². The van der Waals surface area contributed by atoms with Gasteiger partial charge in [0.15, 0.2) is 0 Å². The van der Waals surface area contributed by atoms with Crippen molar-refractivity contribution >= 4 is 5.97 Å². The van der Waals surface area contributed by atoms with Gasteiger partial charge in [-0.15, -0.1) is 0 Å². The highest BCUT2D eigenvalue weighted by Gasteiger charge is 2.06. The lowest BCUT2D eigenvalue weighted by Crippen LogP contribution is -1.89. The van der Waals surface area contributed by atoms with Gasteiger partial charge < -0.3 is 4.74 Å². The van der Waals surface area contributed by atoms with Gasteiger partial charge in [0.2, 0.25) is 0 Å². The molecule has 0 aromatic rings. The van der Waals surface area contributed by atoms with E-state index >= 15 is 0 Å². The average Bonchev–Trinajstić information content (AvgIpc) is 2.86. The van der Waals surface area contributed by atoms with Crippen molar-refractivity contribution in [3.63, 3.8) is 0 Å². The number of hydrogen-bond donors (Lipinski definition) is 0. The molecule has 2 heteroatoms. The lowest BCUT2D eigenvalue weighted by Gasteiger charge is -1.90. The first-order valence-electron chi connectivity index (χ1n) is 6.05. The van der Waals surface area contributed by atoms with E-state index in [-0.39, 0.29) is 5.97 Å². The normalized spacial score (nSPS) is 16.1. The molecule has 0 fully saturated rings. The summed E-state index contributed by atoms with van der Waals surface area (Å²) in [4.78, 5) is 10.7. The Kier molecular flexibility index (Phi) is 7.54. The zero-order valence-electron chi connectivity index (χ0n) is 11.2. The van der Waals surface area contributed by atoms with Gasteiger partial charge >= 0.3 is 5.97 Å². The Bertz CT molecular complexity index is 630. The topological polar surface area (TPSA) is 26.3 Å². The molecule has 20 heavy (non-hydrogen) atoms. The number of rotatable bonds is 3.